The van der Waals surface area contributed by atoms with Gasteiger partial charge in [0.15, 0.2) is 5.96 Å². The van der Waals surface area contributed by atoms with Gasteiger partial charge in [0.05, 0.1) is 0 Å². The molecule has 1 heterocycles. The minimum atomic E-state index is 0. The first-order valence-corrected chi connectivity index (χ1v) is 9.38. The molecule has 1 rings (SSSR count). The van der Waals surface area contributed by atoms with E-state index in [9.17, 15) is 0 Å². The van der Waals surface area contributed by atoms with Crippen LogP contribution in [0.15, 0.2) is 17.6 Å². The van der Waals surface area contributed by atoms with Crippen LogP contribution in [-0.2, 0) is 0 Å². The van der Waals surface area contributed by atoms with Gasteiger partial charge in [0.1, 0.15) is 0 Å². The zero-order valence-electron chi connectivity index (χ0n) is 14.0. The topological polar surface area (TPSA) is 39.7 Å². The first-order valence-electron chi connectivity index (χ1n) is 8.22. The Morgan fingerprint density at radius 3 is 2.50 bits per heavy atom. The molecule has 0 bridgehead atoms. The van der Waals surface area contributed by atoms with E-state index in [0.29, 0.717) is 0 Å². The highest BCUT2D eigenvalue weighted by atomic mass is 127. The molecule has 1 aliphatic rings. The molecule has 0 amide bonds. The van der Waals surface area contributed by atoms with Gasteiger partial charge in [0.25, 0.3) is 0 Å². The number of hydrogen-bond donors (Lipinski definition) is 2. The summed E-state index contributed by atoms with van der Waals surface area (Å²) in [7, 11) is 1.83. The smallest absolute Gasteiger partial charge is 0.191 e. The van der Waals surface area contributed by atoms with E-state index in [2.05, 4.69) is 27.1 Å². The van der Waals surface area contributed by atoms with Crippen LogP contribution in [0.2, 0.25) is 0 Å². The Bertz CT molecular complexity index is 292. The number of nitrogens with zero attached hydrogens (tertiary/aromatic N) is 2. The van der Waals surface area contributed by atoms with Crippen molar-refractivity contribution in [3.05, 3.63) is 12.7 Å². The summed E-state index contributed by atoms with van der Waals surface area (Å²) in [5.74, 6) is 3.02. The number of halogens is 1. The number of thioether (sulfide) groups is 1. The fourth-order valence-electron chi connectivity index (χ4n) is 2.50. The molecule has 2 N–H and O–H groups in total. The molecule has 1 fully saturated rings. The largest absolute Gasteiger partial charge is 0.356 e. The van der Waals surface area contributed by atoms with E-state index in [-0.39, 0.29) is 24.0 Å². The lowest BCUT2D eigenvalue weighted by atomic mass is 10.2. The predicted octanol–water partition coefficient (Wildman–Crippen LogP) is 2.95. The van der Waals surface area contributed by atoms with Gasteiger partial charge < -0.3 is 15.5 Å². The van der Waals surface area contributed by atoms with E-state index in [4.69, 9.17) is 0 Å². The van der Waals surface area contributed by atoms with Crippen molar-refractivity contribution in [2.75, 3.05) is 51.3 Å². The van der Waals surface area contributed by atoms with Gasteiger partial charge in [0.2, 0.25) is 0 Å². The van der Waals surface area contributed by atoms with Gasteiger partial charge in [-0.2, -0.15) is 11.8 Å². The van der Waals surface area contributed by atoms with Crippen molar-refractivity contribution in [2.45, 2.75) is 32.1 Å². The number of nitrogens with one attached hydrogen (secondary N) is 2. The fourth-order valence-corrected chi connectivity index (χ4v) is 3.08. The average Bonchev–Trinajstić information content (AvgIpc) is 2.78. The number of hydrogen-bond acceptors (Lipinski definition) is 3. The van der Waals surface area contributed by atoms with Crippen molar-refractivity contribution in [3.8, 4) is 0 Å². The minimum absolute atomic E-state index is 0. The van der Waals surface area contributed by atoms with Crippen LogP contribution in [-0.4, -0.2) is 62.1 Å². The molecule has 1 aliphatic heterocycles. The highest BCUT2D eigenvalue weighted by Gasteiger charge is 2.08. The normalized spacial score (nSPS) is 16.5. The van der Waals surface area contributed by atoms with E-state index in [1.54, 1.807) is 0 Å². The Kier molecular flexibility index (Phi) is 16.0. The molecule has 0 aromatic heterocycles. The molecule has 0 spiro atoms. The second-order valence-corrected chi connectivity index (χ2v) is 6.55. The van der Waals surface area contributed by atoms with Crippen LogP contribution in [0.1, 0.15) is 32.1 Å². The summed E-state index contributed by atoms with van der Waals surface area (Å²) in [4.78, 5) is 6.86. The van der Waals surface area contributed by atoms with E-state index in [1.807, 2.05) is 24.9 Å². The molecule has 1 saturated heterocycles. The Balaban J connectivity index is 0.00000441. The summed E-state index contributed by atoms with van der Waals surface area (Å²) >= 11 is 1.88. The van der Waals surface area contributed by atoms with Crippen LogP contribution >= 0.6 is 35.7 Å². The standard InChI is InChI=1S/C16H32N4S.HI/c1-3-14-21-15-10-19-16(17-2)18-9-8-13-20-11-6-4-5-7-12-20;/h3H,1,4-15H2,2H3,(H2,17,18,19);1H. The van der Waals surface area contributed by atoms with Gasteiger partial charge in [-0.15, -0.1) is 30.6 Å². The van der Waals surface area contributed by atoms with E-state index in [0.717, 1.165) is 30.6 Å². The minimum Gasteiger partial charge on any atom is -0.356 e. The fraction of sp³-hybridized carbons (Fsp3) is 0.812. The Morgan fingerprint density at radius 1 is 1.18 bits per heavy atom. The molecule has 0 atom stereocenters. The zero-order valence-corrected chi connectivity index (χ0v) is 17.1. The molecular formula is C16H33IN4S. The predicted molar refractivity (Wildman–Crippen MR) is 112 cm³/mol. The van der Waals surface area contributed by atoms with E-state index >= 15 is 0 Å². The van der Waals surface area contributed by atoms with Gasteiger partial charge in [-0.05, 0) is 38.9 Å². The Labute approximate surface area is 158 Å². The van der Waals surface area contributed by atoms with Gasteiger partial charge in [0, 0.05) is 31.6 Å². The molecule has 0 aromatic carbocycles. The first kappa shape index (κ1) is 22.1. The molecular weight excluding hydrogens is 407 g/mol. The molecule has 0 saturated carbocycles. The maximum atomic E-state index is 4.26. The highest BCUT2D eigenvalue weighted by Crippen LogP contribution is 2.09. The third kappa shape index (κ3) is 11.6. The van der Waals surface area contributed by atoms with Gasteiger partial charge >= 0.3 is 0 Å². The van der Waals surface area contributed by atoms with Gasteiger partial charge in [-0.3, -0.25) is 4.99 Å². The lowest BCUT2D eigenvalue weighted by Gasteiger charge is -2.20. The lowest BCUT2D eigenvalue weighted by molar-refractivity contribution is 0.282. The van der Waals surface area contributed by atoms with Crippen LogP contribution in [0.25, 0.3) is 0 Å². The molecule has 0 aliphatic carbocycles. The molecule has 6 heteroatoms. The lowest BCUT2D eigenvalue weighted by Crippen LogP contribution is -2.39. The van der Waals surface area contributed by atoms with E-state index in [1.165, 1.54) is 51.7 Å². The zero-order chi connectivity index (χ0) is 15.2. The Hall–Kier alpha value is 0.0500. The molecule has 130 valence electrons. The maximum Gasteiger partial charge on any atom is 0.191 e. The van der Waals surface area contributed by atoms with Crippen LogP contribution in [0.4, 0.5) is 0 Å². The molecule has 22 heavy (non-hydrogen) atoms. The van der Waals surface area contributed by atoms with Crippen LogP contribution in [0.3, 0.4) is 0 Å². The summed E-state index contributed by atoms with van der Waals surface area (Å²) in [6.45, 7) is 9.45. The number of rotatable bonds is 9. The van der Waals surface area contributed by atoms with Crippen molar-refractivity contribution in [1.29, 1.82) is 0 Å². The van der Waals surface area contributed by atoms with Crippen molar-refractivity contribution in [3.63, 3.8) is 0 Å². The maximum absolute atomic E-state index is 4.26. The number of guanidine groups is 1. The summed E-state index contributed by atoms with van der Waals surface area (Å²) in [6.07, 6.45) is 8.70. The van der Waals surface area contributed by atoms with Crippen molar-refractivity contribution in [1.82, 2.24) is 15.5 Å². The summed E-state index contributed by atoms with van der Waals surface area (Å²) in [5, 5.41) is 6.75. The Morgan fingerprint density at radius 2 is 1.86 bits per heavy atom. The quantitative estimate of drug-likeness (QED) is 0.190. The van der Waals surface area contributed by atoms with Crippen molar-refractivity contribution < 1.29 is 0 Å². The molecule has 0 radical (unpaired) electrons. The number of likely N-dealkylation sites (tertiary alicyclic amines) is 1. The molecule has 4 nitrogen and oxygen atoms in total. The van der Waals surface area contributed by atoms with E-state index < -0.39 is 0 Å². The SMILES string of the molecule is C=CCSCCNC(=NC)NCCCN1CCCCCC1.I. The number of aliphatic imine (C=N–C) groups is 1. The summed E-state index contributed by atoms with van der Waals surface area (Å²) in [6, 6.07) is 0. The highest BCUT2D eigenvalue weighted by molar-refractivity contribution is 14.0. The second kappa shape index (κ2) is 15.9. The summed E-state index contributed by atoms with van der Waals surface area (Å²) < 4.78 is 0. The third-order valence-electron chi connectivity index (χ3n) is 3.64. The van der Waals surface area contributed by atoms with Crippen LogP contribution < -0.4 is 10.6 Å². The first-order chi connectivity index (χ1) is 10.4. The van der Waals surface area contributed by atoms with Gasteiger partial charge in [-0.25, -0.2) is 0 Å². The monoisotopic (exact) mass is 440 g/mol. The third-order valence-corrected chi connectivity index (χ3v) is 4.60. The molecule has 0 aromatic rings. The van der Waals surface area contributed by atoms with Gasteiger partial charge in [-0.1, -0.05) is 18.9 Å². The van der Waals surface area contributed by atoms with Crippen molar-refractivity contribution in [2.24, 2.45) is 4.99 Å². The van der Waals surface area contributed by atoms with Crippen LogP contribution in [0, 0.1) is 0 Å². The average molecular weight is 440 g/mol. The summed E-state index contributed by atoms with van der Waals surface area (Å²) in [5.41, 5.74) is 0. The second-order valence-electron chi connectivity index (χ2n) is 5.40. The van der Waals surface area contributed by atoms with Crippen LogP contribution in [0.5, 0.6) is 0 Å². The van der Waals surface area contributed by atoms with Crippen molar-refractivity contribution >= 4 is 41.7 Å². The molecule has 0 unspecified atom stereocenters.